The lowest BCUT2D eigenvalue weighted by Gasteiger charge is -2.10. The van der Waals surface area contributed by atoms with Gasteiger partial charge >= 0.3 is 0 Å². The van der Waals surface area contributed by atoms with E-state index >= 15 is 0 Å². The van der Waals surface area contributed by atoms with Crippen LogP contribution in [0.2, 0.25) is 10.0 Å². The van der Waals surface area contributed by atoms with Crippen LogP contribution in [0.25, 0.3) is 22.2 Å². The summed E-state index contributed by atoms with van der Waals surface area (Å²) in [5.41, 5.74) is 5.54. The van der Waals surface area contributed by atoms with Gasteiger partial charge in [-0.15, -0.1) is 0 Å². The van der Waals surface area contributed by atoms with Gasteiger partial charge in [-0.25, -0.2) is 4.98 Å². The Bertz CT molecular complexity index is 1640. The van der Waals surface area contributed by atoms with Gasteiger partial charge in [-0.2, -0.15) is 10.2 Å². The van der Waals surface area contributed by atoms with E-state index in [2.05, 4.69) is 31.4 Å². The molecule has 0 aliphatic rings. The molecule has 10 heteroatoms. The molecule has 3 aromatic heterocycles. The quantitative estimate of drug-likeness (QED) is 0.246. The van der Waals surface area contributed by atoms with Crippen LogP contribution in [0.4, 0.5) is 5.82 Å². The Morgan fingerprint density at radius 3 is 2.58 bits per heavy atom. The number of benzene rings is 2. The lowest BCUT2D eigenvalue weighted by atomic mass is 10.0. The Balaban J connectivity index is 1.49. The van der Waals surface area contributed by atoms with Crippen LogP contribution in [-0.4, -0.2) is 30.5 Å². The molecule has 0 radical (unpaired) electrons. The van der Waals surface area contributed by atoms with Crippen molar-refractivity contribution in [1.82, 2.24) is 24.5 Å². The Hall–Kier alpha value is -3.20. The van der Waals surface area contributed by atoms with E-state index in [9.17, 15) is 4.79 Å². The Morgan fingerprint density at radius 1 is 1.08 bits per heavy atom. The highest BCUT2D eigenvalue weighted by Crippen LogP contribution is 2.30. The van der Waals surface area contributed by atoms with Gasteiger partial charge in [0.15, 0.2) is 5.82 Å². The van der Waals surface area contributed by atoms with E-state index in [0.717, 1.165) is 33.4 Å². The monoisotopic (exact) mass is 582 g/mol. The highest BCUT2D eigenvalue weighted by atomic mass is 79.9. The smallest absolute Gasteiger partial charge is 0.257 e. The molecule has 0 spiro atoms. The maximum absolute atomic E-state index is 13.5. The van der Waals surface area contributed by atoms with Crippen LogP contribution in [0.3, 0.4) is 0 Å². The fourth-order valence-corrected chi connectivity index (χ4v) is 5.08. The minimum atomic E-state index is -0.287. The van der Waals surface area contributed by atoms with Crippen molar-refractivity contribution >= 4 is 61.8 Å². The molecule has 1 N–H and O–H groups in total. The van der Waals surface area contributed by atoms with Crippen molar-refractivity contribution in [3.05, 3.63) is 91.8 Å². The molecule has 0 saturated carbocycles. The van der Waals surface area contributed by atoms with E-state index in [1.54, 1.807) is 23.0 Å². The number of amides is 1. The Morgan fingerprint density at radius 2 is 1.86 bits per heavy atom. The molecule has 0 saturated heterocycles. The van der Waals surface area contributed by atoms with Crippen molar-refractivity contribution in [1.29, 1.82) is 0 Å². The van der Waals surface area contributed by atoms with Gasteiger partial charge in [0, 0.05) is 39.9 Å². The zero-order valence-corrected chi connectivity index (χ0v) is 22.8. The predicted molar refractivity (Wildman–Crippen MR) is 147 cm³/mol. The molecule has 182 valence electrons. The first-order valence-electron chi connectivity index (χ1n) is 11.1. The molecule has 3 heterocycles. The van der Waals surface area contributed by atoms with Crippen LogP contribution in [0.15, 0.2) is 59.2 Å². The minimum absolute atomic E-state index is 0.287. The summed E-state index contributed by atoms with van der Waals surface area (Å²) in [7, 11) is 1.89. The zero-order valence-electron chi connectivity index (χ0n) is 19.7. The molecule has 5 rings (SSSR count). The second-order valence-electron chi connectivity index (χ2n) is 8.45. The molecule has 36 heavy (non-hydrogen) atoms. The largest absolute Gasteiger partial charge is 0.304 e. The van der Waals surface area contributed by atoms with Crippen LogP contribution in [-0.2, 0) is 13.6 Å². The highest BCUT2D eigenvalue weighted by molar-refractivity contribution is 9.10. The van der Waals surface area contributed by atoms with E-state index in [-0.39, 0.29) is 5.91 Å². The van der Waals surface area contributed by atoms with Crippen molar-refractivity contribution in [2.45, 2.75) is 20.4 Å². The van der Waals surface area contributed by atoms with Gasteiger partial charge in [0.25, 0.3) is 5.91 Å². The van der Waals surface area contributed by atoms with Crippen LogP contribution < -0.4 is 5.32 Å². The SMILES string of the molecule is Cc1nn(C)c(C)c1-c1cc(C(=O)Nc2nn(Cc3ccc(Cl)cc3Cl)cc2Br)c2ccccc2n1. The first-order valence-corrected chi connectivity index (χ1v) is 12.6. The first kappa shape index (κ1) is 24.5. The molecular formula is C26H21BrCl2N6O. The number of halogens is 3. The van der Waals surface area contributed by atoms with Crippen LogP contribution in [0.1, 0.15) is 27.3 Å². The van der Waals surface area contributed by atoms with E-state index in [0.29, 0.717) is 38.1 Å². The van der Waals surface area contributed by atoms with Crippen LogP contribution in [0, 0.1) is 13.8 Å². The molecule has 2 aromatic carbocycles. The molecule has 5 aromatic rings. The molecule has 0 unspecified atom stereocenters. The fraction of sp³-hybridized carbons (Fsp3) is 0.154. The van der Waals surface area contributed by atoms with E-state index in [4.69, 9.17) is 28.2 Å². The third kappa shape index (κ3) is 4.64. The summed E-state index contributed by atoms with van der Waals surface area (Å²) in [5.74, 6) is 0.116. The summed E-state index contributed by atoms with van der Waals surface area (Å²) in [6.45, 7) is 4.35. The van der Waals surface area contributed by atoms with Crippen LogP contribution in [0.5, 0.6) is 0 Å². The summed E-state index contributed by atoms with van der Waals surface area (Å²) >= 11 is 15.8. The van der Waals surface area contributed by atoms with E-state index in [1.807, 2.05) is 62.0 Å². The Labute approximate surface area is 226 Å². The number of nitrogens with one attached hydrogen (secondary N) is 1. The highest BCUT2D eigenvalue weighted by Gasteiger charge is 2.20. The lowest BCUT2D eigenvalue weighted by Crippen LogP contribution is -2.14. The summed E-state index contributed by atoms with van der Waals surface area (Å²) < 4.78 is 4.17. The molecule has 0 aliphatic carbocycles. The van der Waals surface area contributed by atoms with Crippen molar-refractivity contribution < 1.29 is 4.79 Å². The second-order valence-corrected chi connectivity index (χ2v) is 10.2. The maximum Gasteiger partial charge on any atom is 0.257 e. The summed E-state index contributed by atoms with van der Waals surface area (Å²) in [4.78, 5) is 18.4. The number of carbonyl (C=O) groups is 1. The molecule has 0 aliphatic heterocycles. The number of nitrogens with zero attached hydrogens (tertiary/aromatic N) is 5. The van der Waals surface area contributed by atoms with Gasteiger partial charge in [-0.1, -0.05) is 47.5 Å². The molecule has 7 nitrogen and oxygen atoms in total. The van der Waals surface area contributed by atoms with Gasteiger partial charge in [-0.3, -0.25) is 14.2 Å². The average molecular weight is 584 g/mol. The van der Waals surface area contributed by atoms with Crippen molar-refractivity contribution in [2.24, 2.45) is 7.05 Å². The average Bonchev–Trinajstić information content (AvgIpc) is 3.31. The number of para-hydroxylation sites is 1. The number of aryl methyl sites for hydroxylation is 2. The van der Waals surface area contributed by atoms with Crippen molar-refractivity contribution in [3.63, 3.8) is 0 Å². The van der Waals surface area contributed by atoms with Crippen molar-refractivity contribution in [3.8, 4) is 11.3 Å². The molecule has 0 fully saturated rings. The van der Waals surface area contributed by atoms with Gasteiger partial charge in [0.2, 0.25) is 0 Å². The molecule has 1 amide bonds. The van der Waals surface area contributed by atoms with Gasteiger partial charge in [-0.05, 0) is 59.6 Å². The number of pyridine rings is 1. The number of aromatic nitrogens is 5. The molecule has 0 bridgehead atoms. The molecular weight excluding hydrogens is 563 g/mol. The summed E-state index contributed by atoms with van der Waals surface area (Å²) in [6, 6.07) is 14.7. The van der Waals surface area contributed by atoms with Crippen LogP contribution >= 0.6 is 39.1 Å². The summed E-state index contributed by atoms with van der Waals surface area (Å²) in [6.07, 6.45) is 1.79. The van der Waals surface area contributed by atoms with E-state index < -0.39 is 0 Å². The number of hydrogen-bond donors (Lipinski definition) is 1. The lowest BCUT2D eigenvalue weighted by molar-refractivity contribution is 0.102. The predicted octanol–water partition coefficient (Wildman–Crippen LogP) is 6.82. The third-order valence-corrected chi connectivity index (χ3v) is 7.19. The summed E-state index contributed by atoms with van der Waals surface area (Å²) in [5, 5.41) is 13.9. The zero-order chi connectivity index (χ0) is 25.6. The number of carbonyl (C=O) groups excluding carboxylic acids is 1. The first-order chi connectivity index (χ1) is 17.2. The van der Waals surface area contributed by atoms with Gasteiger partial charge in [0.05, 0.1) is 33.5 Å². The second kappa shape index (κ2) is 9.69. The fourth-order valence-electron chi connectivity index (χ4n) is 4.20. The standard InChI is InChI=1S/C26H21BrCl2N6O/c1-14-24(15(2)34(3)32-14)23-11-19(18-6-4-5-7-22(18)30-23)26(36)31-25-20(27)13-35(33-25)12-16-8-9-17(28)10-21(16)29/h4-11,13H,12H2,1-3H3,(H,31,33,36). The Kier molecular flexibility index (Phi) is 6.59. The maximum atomic E-state index is 13.5. The number of fused-ring (bicyclic) bond motifs is 1. The number of anilines is 1. The van der Waals surface area contributed by atoms with Gasteiger partial charge < -0.3 is 5.32 Å². The molecule has 0 atom stereocenters. The number of rotatable bonds is 5. The van der Waals surface area contributed by atoms with Gasteiger partial charge in [0.1, 0.15) is 0 Å². The van der Waals surface area contributed by atoms with E-state index in [1.165, 1.54) is 0 Å². The number of hydrogen-bond acceptors (Lipinski definition) is 4. The normalized spacial score (nSPS) is 11.3. The van der Waals surface area contributed by atoms with Crippen molar-refractivity contribution in [2.75, 3.05) is 5.32 Å². The third-order valence-electron chi connectivity index (χ3n) is 6.02. The topological polar surface area (TPSA) is 77.6 Å². The minimum Gasteiger partial charge on any atom is -0.304 e.